The summed E-state index contributed by atoms with van der Waals surface area (Å²) in [6, 6.07) is 15.3. The normalized spacial score (nSPS) is 11.1. The van der Waals surface area contributed by atoms with Crippen LogP contribution in [0.2, 0.25) is 0 Å². The lowest BCUT2D eigenvalue weighted by Gasteiger charge is -2.18. The first-order valence-corrected chi connectivity index (χ1v) is 9.73. The first-order chi connectivity index (χ1) is 13.6. The molecule has 0 aliphatic carbocycles. The van der Waals surface area contributed by atoms with Crippen molar-refractivity contribution < 1.29 is 9.69 Å². The van der Waals surface area contributed by atoms with E-state index in [0.29, 0.717) is 17.4 Å². The zero-order valence-electron chi connectivity index (χ0n) is 16.4. The lowest BCUT2D eigenvalue weighted by atomic mass is 10.1. The fourth-order valence-corrected chi connectivity index (χ4v) is 3.29. The number of benzene rings is 2. The Hall–Kier alpha value is -2.99. The molecule has 3 aromatic rings. The molecule has 0 unspecified atom stereocenters. The summed E-state index contributed by atoms with van der Waals surface area (Å²) in [7, 11) is 0. The van der Waals surface area contributed by atoms with Gasteiger partial charge in [-0.1, -0.05) is 36.4 Å². The van der Waals surface area contributed by atoms with E-state index in [0.717, 1.165) is 25.2 Å². The summed E-state index contributed by atoms with van der Waals surface area (Å²) >= 11 is 0. The van der Waals surface area contributed by atoms with E-state index in [4.69, 9.17) is 0 Å². The number of aromatic nitrogens is 2. The van der Waals surface area contributed by atoms with Crippen LogP contribution in [0.25, 0.3) is 10.9 Å². The SMILES string of the molecule is CC[NH+](CC)Cc1ccccc1CNC(=O)Cn1cnc2ccccc2c1=O. The van der Waals surface area contributed by atoms with Gasteiger partial charge in [0.25, 0.3) is 5.56 Å². The third-order valence-corrected chi connectivity index (χ3v) is 5.08. The van der Waals surface area contributed by atoms with Crippen LogP contribution < -0.4 is 15.8 Å². The van der Waals surface area contributed by atoms with E-state index in [1.807, 2.05) is 24.3 Å². The molecule has 0 bridgehead atoms. The van der Waals surface area contributed by atoms with Crippen LogP contribution in [0.3, 0.4) is 0 Å². The molecule has 3 rings (SSSR count). The van der Waals surface area contributed by atoms with Crippen LogP contribution in [-0.4, -0.2) is 28.5 Å². The molecule has 2 N–H and O–H groups in total. The highest BCUT2D eigenvalue weighted by Gasteiger charge is 2.11. The lowest BCUT2D eigenvalue weighted by Crippen LogP contribution is -3.10. The van der Waals surface area contributed by atoms with Gasteiger partial charge in [-0.05, 0) is 31.5 Å². The first-order valence-electron chi connectivity index (χ1n) is 9.73. The molecule has 146 valence electrons. The van der Waals surface area contributed by atoms with Crippen LogP contribution in [0, 0.1) is 0 Å². The molecule has 0 aliphatic rings. The number of carbonyl (C=O) groups excluding carboxylic acids is 1. The van der Waals surface area contributed by atoms with E-state index in [1.165, 1.54) is 21.4 Å². The van der Waals surface area contributed by atoms with Gasteiger partial charge in [0.05, 0.1) is 30.3 Å². The third-order valence-electron chi connectivity index (χ3n) is 5.08. The number of nitrogens with one attached hydrogen (secondary N) is 2. The average Bonchev–Trinajstić information content (AvgIpc) is 2.73. The molecule has 1 heterocycles. The van der Waals surface area contributed by atoms with Crippen molar-refractivity contribution in [1.29, 1.82) is 0 Å². The molecule has 6 heteroatoms. The zero-order valence-corrected chi connectivity index (χ0v) is 16.4. The predicted molar refractivity (Wildman–Crippen MR) is 110 cm³/mol. The molecule has 0 saturated heterocycles. The monoisotopic (exact) mass is 379 g/mol. The molecule has 1 aromatic heterocycles. The van der Waals surface area contributed by atoms with Gasteiger partial charge in [-0.2, -0.15) is 0 Å². The van der Waals surface area contributed by atoms with Crippen molar-refractivity contribution in [2.45, 2.75) is 33.5 Å². The second kappa shape index (κ2) is 9.28. The van der Waals surface area contributed by atoms with Crippen molar-refractivity contribution in [2.75, 3.05) is 13.1 Å². The van der Waals surface area contributed by atoms with Crippen LogP contribution in [0.4, 0.5) is 0 Å². The minimum absolute atomic E-state index is 0.0415. The summed E-state index contributed by atoms with van der Waals surface area (Å²) in [6.07, 6.45) is 1.43. The highest BCUT2D eigenvalue weighted by molar-refractivity contribution is 5.78. The quantitative estimate of drug-likeness (QED) is 0.617. The van der Waals surface area contributed by atoms with Gasteiger partial charge in [0.2, 0.25) is 5.91 Å². The number of rotatable bonds is 8. The second-order valence-electron chi connectivity index (χ2n) is 6.87. The summed E-state index contributed by atoms with van der Waals surface area (Å²) < 4.78 is 1.35. The number of hydrogen-bond acceptors (Lipinski definition) is 3. The summed E-state index contributed by atoms with van der Waals surface area (Å²) in [5.74, 6) is -0.204. The number of nitrogens with zero attached hydrogens (tertiary/aromatic N) is 2. The Morgan fingerprint density at radius 2 is 1.71 bits per heavy atom. The Morgan fingerprint density at radius 1 is 1.04 bits per heavy atom. The molecule has 1 amide bonds. The molecule has 0 spiro atoms. The molecule has 28 heavy (non-hydrogen) atoms. The van der Waals surface area contributed by atoms with Crippen molar-refractivity contribution in [3.05, 3.63) is 76.3 Å². The Balaban J connectivity index is 1.67. The third kappa shape index (κ3) is 4.64. The van der Waals surface area contributed by atoms with Gasteiger partial charge in [-0.15, -0.1) is 0 Å². The van der Waals surface area contributed by atoms with E-state index < -0.39 is 0 Å². The van der Waals surface area contributed by atoms with Crippen LogP contribution in [-0.2, 0) is 24.4 Å². The van der Waals surface area contributed by atoms with Gasteiger partial charge in [-0.3, -0.25) is 14.2 Å². The molecule has 2 aromatic carbocycles. The number of para-hydroxylation sites is 1. The number of fused-ring (bicyclic) bond motifs is 1. The number of quaternary nitrogens is 1. The van der Waals surface area contributed by atoms with Gasteiger partial charge < -0.3 is 10.2 Å². The largest absolute Gasteiger partial charge is 0.350 e. The number of amides is 1. The second-order valence-corrected chi connectivity index (χ2v) is 6.87. The Morgan fingerprint density at radius 3 is 2.46 bits per heavy atom. The highest BCUT2D eigenvalue weighted by atomic mass is 16.2. The molecule has 0 fully saturated rings. The minimum atomic E-state index is -0.204. The van der Waals surface area contributed by atoms with E-state index in [-0.39, 0.29) is 18.0 Å². The Kier molecular flexibility index (Phi) is 6.55. The minimum Gasteiger partial charge on any atom is -0.350 e. The zero-order chi connectivity index (χ0) is 19.9. The molecule has 6 nitrogen and oxygen atoms in total. The maximum Gasteiger partial charge on any atom is 0.261 e. The van der Waals surface area contributed by atoms with Crippen molar-refractivity contribution in [3.8, 4) is 0 Å². The standard InChI is InChI=1S/C22H26N4O2/c1-3-25(4-2)14-18-10-6-5-9-17(18)13-23-21(27)15-26-16-24-20-12-8-7-11-19(20)22(26)28/h5-12,16H,3-4,13-15H2,1-2H3,(H,23,27)/p+1. The molecule has 0 atom stereocenters. The first kappa shape index (κ1) is 19.8. The van der Waals surface area contributed by atoms with Crippen LogP contribution >= 0.6 is 0 Å². The fourth-order valence-electron chi connectivity index (χ4n) is 3.29. The van der Waals surface area contributed by atoms with Crippen molar-refractivity contribution in [1.82, 2.24) is 14.9 Å². The van der Waals surface area contributed by atoms with Gasteiger partial charge in [0, 0.05) is 12.1 Å². The van der Waals surface area contributed by atoms with Gasteiger partial charge in [-0.25, -0.2) is 4.98 Å². The summed E-state index contributed by atoms with van der Waals surface area (Å²) in [4.78, 5) is 30.7. The topological polar surface area (TPSA) is 68.4 Å². The fraction of sp³-hybridized carbons (Fsp3) is 0.318. The van der Waals surface area contributed by atoms with Crippen LogP contribution in [0.5, 0.6) is 0 Å². The Labute approximate surface area is 164 Å². The van der Waals surface area contributed by atoms with Crippen LogP contribution in [0.1, 0.15) is 25.0 Å². The average molecular weight is 379 g/mol. The molecular weight excluding hydrogens is 352 g/mol. The molecule has 0 radical (unpaired) electrons. The molecule has 0 aliphatic heterocycles. The summed E-state index contributed by atoms with van der Waals surface area (Å²) in [5.41, 5.74) is 2.79. The van der Waals surface area contributed by atoms with E-state index in [2.05, 4.69) is 30.2 Å². The number of carbonyl (C=O) groups is 1. The predicted octanol–water partition coefficient (Wildman–Crippen LogP) is 1.14. The van der Waals surface area contributed by atoms with E-state index in [9.17, 15) is 9.59 Å². The van der Waals surface area contributed by atoms with E-state index in [1.54, 1.807) is 18.2 Å². The van der Waals surface area contributed by atoms with E-state index >= 15 is 0 Å². The summed E-state index contributed by atoms with van der Waals surface area (Å²) in [6.45, 7) is 7.83. The summed E-state index contributed by atoms with van der Waals surface area (Å²) in [5, 5.41) is 3.46. The van der Waals surface area contributed by atoms with Gasteiger partial charge >= 0.3 is 0 Å². The molecule has 0 saturated carbocycles. The highest BCUT2D eigenvalue weighted by Crippen LogP contribution is 2.08. The maximum absolute atomic E-state index is 12.5. The Bertz CT molecular complexity index is 1010. The molecular formula is C22H27N4O2+. The number of hydrogen-bond donors (Lipinski definition) is 2. The van der Waals surface area contributed by atoms with Gasteiger partial charge in [0.1, 0.15) is 13.1 Å². The van der Waals surface area contributed by atoms with Crippen molar-refractivity contribution in [2.24, 2.45) is 0 Å². The van der Waals surface area contributed by atoms with Gasteiger partial charge in [0.15, 0.2) is 0 Å². The smallest absolute Gasteiger partial charge is 0.261 e. The van der Waals surface area contributed by atoms with Crippen LogP contribution in [0.15, 0.2) is 59.7 Å². The van der Waals surface area contributed by atoms with Crippen molar-refractivity contribution >= 4 is 16.8 Å². The lowest BCUT2D eigenvalue weighted by molar-refractivity contribution is -0.910. The van der Waals surface area contributed by atoms with Crippen molar-refractivity contribution in [3.63, 3.8) is 0 Å². The maximum atomic E-state index is 12.5.